The number of hydrogen-bond donors (Lipinski definition) is 2. The molecule has 0 saturated heterocycles. The van der Waals surface area contributed by atoms with Crippen LogP contribution in [0.3, 0.4) is 0 Å². The highest BCUT2D eigenvalue weighted by Gasteiger charge is 2.08. The molecule has 0 aliphatic carbocycles. The number of nitrogens with zero attached hydrogens (tertiary/aromatic N) is 1. The van der Waals surface area contributed by atoms with Gasteiger partial charge in [0.25, 0.3) is 0 Å². The van der Waals surface area contributed by atoms with Gasteiger partial charge in [-0.3, -0.25) is 5.10 Å². The number of aromatic nitrogens is 2. The van der Waals surface area contributed by atoms with Gasteiger partial charge in [0.2, 0.25) is 0 Å². The first-order valence-corrected chi connectivity index (χ1v) is 4.09. The SMILES string of the molecule is CNCc1[nH]nc2cccc(F)c12. The van der Waals surface area contributed by atoms with Crippen LogP contribution in [0.25, 0.3) is 10.9 Å². The van der Waals surface area contributed by atoms with Crippen LogP contribution >= 0.6 is 0 Å². The lowest BCUT2D eigenvalue weighted by atomic mass is 10.2. The quantitative estimate of drug-likeness (QED) is 0.732. The minimum atomic E-state index is -0.225. The Balaban J connectivity index is 2.64. The van der Waals surface area contributed by atoms with Crippen LogP contribution in [0.15, 0.2) is 18.2 Å². The second-order valence-electron chi connectivity index (χ2n) is 2.87. The smallest absolute Gasteiger partial charge is 0.134 e. The highest BCUT2D eigenvalue weighted by molar-refractivity contribution is 5.81. The van der Waals surface area contributed by atoms with Crippen LogP contribution < -0.4 is 5.32 Å². The molecule has 3 nitrogen and oxygen atoms in total. The Morgan fingerprint density at radius 2 is 2.38 bits per heavy atom. The van der Waals surface area contributed by atoms with Crippen molar-refractivity contribution in [3.8, 4) is 0 Å². The molecule has 13 heavy (non-hydrogen) atoms. The lowest BCUT2D eigenvalue weighted by molar-refractivity contribution is 0.637. The molecule has 68 valence electrons. The van der Waals surface area contributed by atoms with Gasteiger partial charge in [-0.1, -0.05) is 6.07 Å². The number of H-pyrrole nitrogens is 1. The van der Waals surface area contributed by atoms with Gasteiger partial charge < -0.3 is 5.32 Å². The number of aromatic amines is 1. The number of halogens is 1. The van der Waals surface area contributed by atoms with Crippen LogP contribution in [0, 0.1) is 5.82 Å². The van der Waals surface area contributed by atoms with Crippen LogP contribution in [0.2, 0.25) is 0 Å². The van der Waals surface area contributed by atoms with Gasteiger partial charge in [-0.2, -0.15) is 5.10 Å². The number of rotatable bonds is 2. The van der Waals surface area contributed by atoms with E-state index in [1.54, 1.807) is 12.1 Å². The Bertz CT molecular complexity index is 422. The number of benzene rings is 1. The summed E-state index contributed by atoms with van der Waals surface area (Å²) in [6.45, 7) is 0.595. The lowest BCUT2D eigenvalue weighted by Gasteiger charge is -1.96. The van der Waals surface area contributed by atoms with Crippen molar-refractivity contribution in [3.63, 3.8) is 0 Å². The van der Waals surface area contributed by atoms with E-state index in [0.717, 1.165) is 5.69 Å². The lowest BCUT2D eigenvalue weighted by Crippen LogP contribution is -2.05. The van der Waals surface area contributed by atoms with E-state index in [2.05, 4.69) is 15.5 Å². The highest BCUT2D eigenvalue weighted by atomic mass is 19.1. The summed E-state index contributed by atoms with van der Waals surface area (Å²) in [7, 11) is 1.81. The number of hydrogen-bond acceptors (Lipinski definition) is 2. The van der Waals surface area contributed by atoms with E-state index in [1.807, 2.05) is 7.05 Å². The van der Waals surface area contributed by atoms with Crippen molar-refractivity contribution in [2.75, 3.05) is 7.05 Å². The molecule has 0 aliphatic heterocycles. The molecule has 1 aromatic carbocycles. The highest BCUT2D eigenvalue weighted by Crippen LogP contribution is 2.18. The van der Waals surface area contributed by atoms with Crippen LogP contribution in [0.4, 0.5) is 4.39 Å². The zero-order chi connectivity index (χ0) is 9.26. The molecule has 2 N–H and O–H groups in total. The number of fused-ring (bicyclic) bond motifs is 1. The summed E-state index contributed by atoms with van der Waals surface area (Å²) in [6, 6.07) is 4.88. The normalized spacial score (nSPS) is 10.9. The van der Waals surface area contributed by atoms with Gasteiger partial charge in [0, 0.05) is 6.54 Å². The summed E-state index contributed by atoms with van der Waals surface area (Å²) in [5.74, 6) is -0.225. The standard InChI is InChI=1S/C9H10FN3/c1-11-5-8-9-6(10)3-2-4-7(9)12-13-8/h2-4,11H,5H2,1H3,(H,12,13). The Morgan fingerprint density at radius 1 is 1.54 bits per heavy atom. The average Bonchev–Trinajstić information content (AvgIpc) is 2.51. The molecule has 0 radical (unpaired) electrons. The maximum atomic E-state index is 13.3. The molecule has 1 aromatic heterocycles. The third-order valence-electron chi connectivity index (χ3n) is 1.96. The largest absolute Gasteiger partial charge is 0.314 e. The van der Waals surface area contributed by atoms with Gasteiger partial charge in [-0.25, -0.2) is 4.39 Å². The molecule has 0 unspecified atom stereocenters. The molecule has 4 heteroatoms. The van der Waals surface area contributed by atoms with E-state index in [1.165, 1.54) is 6.07 Å². The van der Waals surface area contributed by atoms with Gasteiger partial charge in [-0.15, -0.1) is 0 Å². The van der Waals surface area contributed by atoms with Gasteiger partial charge >= 0.3 is 0 Å². The van der Waals surface area contributed by atoms with E-state index >= 15 is 0 Å². The maximum Gasteiger partial charge on any atom is 0.134 e. The number of nitrogens with one attached hydrogen (secondary N) is 2. The molecule has 2 aromatic rings. The fourth-order valence-corrected chi connectivity index (χ4v) is 1.39. The predicted octanol–water partition coefficient (Wildman–Crippen LogP) is 1.42. The molecule has 0 saturated carbocycles. The first-order chi connectivity index (χ1) is 6.33. The van der Waals surface area contributed by atoms with E-state index in [9.17, 15) is 4.39 Å². The summed E-state index contributed by atoms with van der Waals surface area (Å²) in [5.41, 5.74) is 1.46. The molecule has 0 fully saturated rings. The molecular weight excluding hydrogens is 169 g/mol. The monoisotopic (exact) mass is 179 g/mol. The third-order valence-corrected chi connectivity index (χ3v) is 1.96. The summed E-state index contributed by atoms with van der Waals surface area (Å²) < 4.78 is 13.3. The van der Waals surface area contributed by atoms with E-state index < -0.39 is 0 Å². The van der Waals surface area contributed by atoms with E-state index in [4.69, 9.17) is 0 Å². The Kier molecular flexibility index (Phi) is 1.98. The maximum absolute atomic E-state index is 13.3. The second-order valence-corrected chi connectivity index (χ2v) is 2.87. The summed E-state index contributed by atoms with van der Waals surface area (Å²) in [4.78, 5) is 0. The van der Waals surface area contributed by atoms with Gasteiger partial charge in [0.15, 0.2) is 0 Å². The van der Waals surface area contributed by atoms with Crippen molar-refractivity contribution in [1.82, 2.24) is 15.5 Å². The van der Waals surface area contributed by atoms with Gasteiger partial charge in [0.1, 0.15) is 5.82 Å². The van der Waals surface area contributed by atoms with Crippen molar-refractivity contribution in [3.05, 3.63) is 29.7 Å². The van der Waals surface area contributed by atoms with Crippen LogP contribution in [-0.2, 0) is 6.54 Å². The van der Waals surface area contributed by atoms with E-state index in [0.29, 0.717) is 17.4 Å². The molecule has 0 amide bonds. The minimum absolute atomic E-state index is 0.225. The fraction of sp³-hybridized carbons (Fsp3) is 0.222. The Labute approximate surface area is 75.0 Å². The zero-order valence-corrected chi connectivity index (χ0v) is 7.26. The second kappa shape index (κ2) is 3.14. The molecular formula is C9H10FN3. The van der Waals surface area contributed by atoms with Crippen molar-refractivity contribution in [2.45, 2.75) is 6.54 Å². The first-order valence-electron chi connectivity index (χ1n) is 4.09. The molecule has 2 rings (SSSR count). The van der Waals surface area contributed by atoms with Crippen molar-refractivity contribution in [1.29, 1.82) is 0 Å². The van der Waals surface area contributed by atoms with Crippen LogP contribution in [0.5, 0.6) is 0 Å². The Hall–Kier alpha value is -1.42. The predicted molar refractivity (Wildman–Crippen MR) is 48.8 cm³/mol. The topological polar surface area (TPSA) is 40.7 Å². The first kappa shape index (κ1) is 8.19. The average molecular weight is 179 g/mol. The molecule has 0 aliphatic rings. The Morgan fingerprint density at radius 3 is 3.15 bits per heavy atom. The van der Waals surface area contributed by atoms with Crippen LogP contribution in [-0.4, -0.2) is 17.2 Å². The van der Waals surface area contributed by atoms with Crippen molar-refractivity contribution >= 4 is 10.9 Å². The van der Waals surface area contributed by atoms with Crippen molar-refractivity contribution < 1.29 is 4.39 Å². The van der Waals surface area contributed by atoms with Crippen molar-refractivity contribution in [2.24, 2.45) is 0 Å². The van der Waals surface area contributed by atoms with E-state index in [-0.39, 0.29) is 5.82 Å². The molecule has 0 atom stereocenters. The third kappa shape index (κ3) is 1.29. The minimum Gasteiger partial charge on any atom is -0.314 e. The molecule has 0 spiro atoms. The van der Waals surface area contributed by atoms with Crippen LogP contribution in [0.1, 0.15) is 5.69 Å². The van der Waals surface area contributed by atoms with Gasteiger partial charge in [-0.05, 0) is 19.2 Å². The summed E-state index contributed by atoms with van der Waals surface area (Å²) >= 11 is 0. The van der Waals surface area contributed by atoms with Gasteiger partial charge in [0.05, 0.1) is 16.6 Å². The summed E-state index contributed by atoms with van der Waals surface area (Å²) in [5, 5.41) is 10.3. The fourth-order valence-electron chi connectivity index (χ4n) is 1.39. The molecule has 1 heterocycles. The zero-order valence-electron chi connectivity index (χ0n) is 7.26. The summed E-state index contributed by atoms with van der Waals surface area (Å²) in [6.07, 6.45) is 0. The molecule has 0 bridgehead atoms.